The highest BCUT2D eigenvalue weighted by molar-refractivity contribution is 5.82. The van der Waals surface area contributed by atoms with Gasteiger partial charge in [0.25, 0.3) is 0 Å². The maximum absolute atomic E-state index is 4.38. The number of hydrogen-bond donors (Lipinski definition) is 1. The average molecular weight is 274 g/mol. The van der Waals surface area contributed by atoms with E-state index in [1.165, 1.54) is 29.5 Å². The average Bonchev–Trinajstić information content (AvgIpc) is 3.38. The van der Waals surface area contributed by atoms with Gasteiger partial charge in [-0.15, -0.1) is 0 Å². The molecule has 0 spiro atoms. The summed E-state index contributed by atoms with van der Waals surface area (Å²) in [5.74, 6) is 0.761. The van der Waals surface area contributed by atoms with Crippen LogP contribution in [0.5, 0.6) is 0 Å². The van der Waals surface area contributed by atoms with Gasteiger partial charge in [-0.1, -0.05) is 36.4 Å². The summed E-state index contributed by atoms with van der Waals surface area (Å²) in [6, 6.07) is 21.7. The third-order valence-corrected chi connectivity index (χ3v) is 4.18. The molecule has 2 heteroatoms. The van der Waals surface area contributed by atoms with Crippen molar-refractivity contribution < 1.29 is 0 Å². The van der Waals surface area contributed by atoms with Crippen LogP contribution in [0.3, 0.4) is 0 Å². The fourth-order valence-electron chi connectivity index (χ4n) is 2.91. The van der Waals surface area contributed by atoms with Crippen LogP contribution < -0.4 is 5.32 Å². The van der Waals surface area contributed by atoms with Crippen molar-refractivity contribution in [3.63, 3.8) is 0 Å². The third-order valence-electron chi connectivity index (χ3n) is 4.18. The number of fused-ring (bicyclic) bond motifs is 1. The molecule has 0 saturated heterocycles. The van der Waals surface area contributed by atoms with Crippen LogP contribution in [0.15, 0.2) is 66.9 Å². The summed E-state index contributed by atoms with van der Waals surface area (Å²) in [7, 11) is 0. The summed E-state index contributed by atoms with van der Waals surface area (Å²) in [6.45, 7) is 0. The van der Waals surface area contributed by atoms with E-state index in [9.17, 15) is 0 Å². The molecule has 21 heavy (non-hydrogen) atoms. The Morgan fingerprint density at radius 2 is 1.81 bits per heavy atom. The topological polar surface area (TPSA) is 24.9 Å². The first-order valence-corrected chi connectivity index (χ1v) is 7.56. The number of nitrogens with zero attached hydrogens (tertiary/aromatic N) is 1. The maximum Gasteiger partial charge on any atom is 0.0703 e. The van der Waals surface area contributed by atoms with Gasteiger partial charge in [0.05, 0.1) is 11.6 Å². The molecule has 2 aromatic carbocycles. The standard InChI is InChI=1S/C19H18N2/c1-2-5-14(6-3-1)19(15-8-9-15)21-17-10-11-18-16(13-17)7-4-12-20-18/h1-7,10-13,15,19,21H,8-9H2. The molecule has 2 nitrogen and oxygen atoms in total. The molecule has 1 saturated carbocycles. The number of aromatic nitrogens is 1. The van der Waals surface area contributed by atoms with Crippen molar-refractivity contribution in [2.45, 2.75) is 18.9 Å². The zero-order valence-corrected chi connectivity index (χ0v) is 11.9. The zero-order chi connectivity index (χ0) is 14.1. The van der Waals surface area contributed by atoms with Gasteiger partial charge < -0.3 is 5.32 Å². The van der Waals surface area contributed by atoms with Gasteiger partial charge in [-0.2, -0.15) is 0 Å². The van der Waals surface area contributed by atoms with Gasteiger partial charge in [0.15, 0.2) is 0 Å². The molecule has 1 N–H and O–H groups in total. The molecule has 1 unspecified atom stereocenters. The van der Waals surface area contributed by atoms with E-state index in [0.29, 0.717) is 6.04 Å². The van der Waals surface area contributed by atoms with E-state index in [-0.39, 0.29) is 0 Å². The van der Waals surface area contributed by atoms with E-state index in [0.717, 1.165) is 11.4 Å². The van der Waals surface area contributed by atoms with Crippen LogP contribution in [0.2, 0.25) is 0 Å². The Morgan fingerprint density at radius 1 is 0.952 bits per heavy atom. The summed E-state index contributed by atoms with van der Waals surface area (Å²) >= 11 is 0. The number of hydrogen-bond acceptors (Lipinski definition) is 2. The molecule has 104 valence electrons. The van der Waals surface area contributed by atoms with Crippen molar-refractivity contribution in [3.8, 4) is 0 Å². The van der Waals surface area contributed by atoms with Gasteiger partial charge in [-0.25, -0.2) is 0 Å². The molecule has 1 aliphatic carbocycles. The Labute approximate surface area is 124 Å². The van der Waals surface area contributed by atoms with Crippen LogP contribution in [-0.4, -0.2) is 4.98 Å². The molecule has 4 rings (SSSR count). The lowest BCUT2D eigenvalue weighted by molar-refractivity contribution is 0.679. The summed E-state index contributed by atoms with van der Waals surface area (Å²) in [4.78, 5) is 4.38. The predicted molar refractivity (Wildman–Crippen MR) is 87.3 cm³/mol. The van der Waals surface area contributed by atoms with E-state index in [1.54, 1.807) is 0 Å². The summed E-state index contributed by atoms with van der Waals surface area (Å²) in [6.07, 6.45) is 4.48. The Bertz CT molecular complexity index is 748. The molecule has 1 heterocycles. The molecule has 0 amide bonds. The van der Waals surface area contributed by atoms with Crippen molar-refractivity contribution in [2.75, 3.05) is 5.32 Å². The SMILES string of the molecule is c1ccc(C(Nc2ccc3ncccc3c2)C2CC2)cc1. The second-order valence-electron chi connectivity index (χ2n) is 5.78. The highest BCUT2D eigenvalue weighted by atomic mass is 14.9. The normalized spacial score (nSPS) is 15.8. The number of nitrogens with one attached hydrogen (secondary N) is 1. The first kappa shape index (κ1) is 12.4. The third kappa shape index (κ3) is 2.62. The predicted octanol–water partition coefficient (Wildman–Crippen LogP) is 4.80. The fraction of sp³-hybridized carbons (Fsp3) is 0.211. The van der Waals surface area contributed by atoms with E-state index in [2.05, 4.69) is 64.9 Å². The van der Waals surface area contributed by atoms with E-state index >= 15 is 0 Å². The molecule has 0 radical (unpaired) electrons. The number of pyridine rings is 1. The second kappa shape index (κ2) is 5.21. The first-order valence-electron chi connectivity index (χ1n) is 7.56. The molecule has 0 bridgehead atoms. The Kier molecular flexibility index (Phi) is 3.07. The van der Waals surface area contributed by atoms with Crippen molar-refractivity contribution in [1.82, 2.24) is 4.98 Å². The van der Waals surface area contributed by atoms with E-state index in [4.69, 9.17) is 0 Å². The molecule has 1 aromatic heterocycles. The van der Waals surface area contributed by atoms with Crippen molar-refractivity contribution in [3.05, 3.63) is 72.4 Å². The summed E-state index contributed by atoms with van der Waals surface area (Å²) in [5, 5.41) is 4.91. The minimum atomic E-state index is 0.417. The lowest BCUT2D eigenvalue weighted by Crippen LogP contribution is -2.12. The van der Waals surface area contributed by atoms with Gasteiger partial charge in [0, 0.05) is 17.3 Å². The van der Waals surface area contributed by atoms with Crippen LogP contribution in [-0.2, 0) is 0 Å². The molecule has 0 aliphatic heterocycles. The quantitative estimate of drug-likeness (QED) is 0.739. The minimum Gasteiger partial charge on any atom is -0.378 e. The van der Waals surface area contributed by atoms with Crippen molar-refractivity contribution in [2.24, 2.45) is 5.92 Å². The minimum absolute atomic E-state index is 0.417. The van der Waals surface area contributed by atoms with Crippen LogP contribution in [0.4, 0.5) is 5.69 Å². The zero-order valence-electron chi connectivity index (χ0n) is 11.9. The molecule has 1 fully saturated rings. The largest absolute Gasteiger partial charge is 0.378 e. The Hall–Kier alpha value is -2.35. The molecular formula is C19H18N2. The smallest absolute Gasteiger partial charge is 0.0703 e. The summed E-state index contributed by atoms with van der Waals surface area (Å²) in [5.41, 5.74) is 3.60. The second-order valence-corrected chi connectivity index (χ2v) is 5.78. The van der Waals surface area contributed by atoms with E-state index in [1.807, 2.05) is 12.3 Å². The highest BCUT2D eigenvalue weighted by Gasteiger charge is 2.32. The lowest BCUT2D eigenvalue weighted by Gasteiger charge is -2.20. The molecular weight excluding hydrogens is 256 g/mol. The van der Waals surface area contributed by atoms with Gasteiger partial charge in [0.1, 0.15) is 0 Å². The summed E-state index contributed by atoms with van der Waals surface area (Å²) < 4.78 is 0. The lowest BCUT2D eigenvalue weighted by atomic mass is 10.0. The van der Waals surface area contributed by atoms with Gasteiger partial charge in [-0.3, -0.25) is 4.98 Å². The maximum atomic E-state index is 4.38. The highest BCUT2D eigenvalue weighted by Crippen LogP contribution is 2.42. The van der Waals surface area contributed by atoms with Crippen molar-refractivity contribution >= 4 is 16.6 Å². The van der Waals surface area contributed by atoms with Gasteiger partial charge in [-0.05, 0) is 48.6 Å². The molecule has 1 aliphatic rings. The number of rotatable bonds is 4. The van der Waals surface area contributed by atoms with E-state index < -0.39 is 0 Å². The monoisotopic (exact) mass is 274 g/mol. The van der Waals surface area contributed by atoms with Crippen molar-refractivity contribution in [1.29, 1.82) is 0 Å². The van der Waals surface area contributed by atoms with Gasteiger partial charge >= 0.3 is 0 Å². The first-order chi connectivity index (χ1) is 10.4. The molecule has 1 atom stereocenters. The van der Waals surface area contributed by atoms with Crippen LogP contribution in [0.1, 0.15) is 24.4 Å². The molecule has 3 aromatic rings. The van der Waals surface area contributed by atoms with Gasteiger partial charge in [0.2, 0.25) is 0 Å². The Morgan fingerprint density at radius 3 is 2.62 bits per heavy atom. The fourth-order valence-corrected chi connectivity index (χ4v) is 2.91. The number of benzene rings is 2. The number of anilines is 1. The van der Waals surface area contributed by atoms with Crippen LogP contribution in [0, 0.1) is 5.92 Å². The van der Waals surface area contributed by atoms with Crippen LogP contribution in [0.25, 0.3) is 10.9 Å². The Balaban J connectivity index is 1.65. The van der Waals surface area contributed by atoms with Crippen LogP contribution >= 0.6 is 0 Å².